The van der Waals surface area contributed by atoms with Gasteiger partial charge in [0.15, 0.2) is 17.5 Å². The molecule has 2 aromatic heterocycles. The van der Waals surface area contributed by atoms with E-state index in [4.69, 9.17) is 24.1 Å². The normalized spacial score (nSPS) is 15.9. The molecule has 2 aliphatic carbocycles. The maximum atomic E-state index is 6.51. The minimum Gasteiger partial charge on any atom is -0.461 e. The van der Waals surface area contributed by atoms with Gasteiger partial charge in [-0.3, -0.25) is 0 Å². The Morgan fingerprint density at radius 3 is 1.91 bits per heavy atom. The topological polar surface area (TPSA) is 61.0 Å². The Kier molecular flexibility index (Phi) is 7.69. The lowest BCUT2D eigenvalue weighted by molar-refractivity contribution is 0.426. The highest BCUT2D eigenvalue weighted by atomic mass is 16.5. The fourth-order valence-corrected chi connectivity index (χ4v) is 8.20. The molecule has 56 heavy (non-hydrogen) atoms. The minimum atomic E-state index is 0.0876. The zero-order valence-electron chi connectivity index (χ0n) is 30.5. The van der Waals surface area contributed by atoms with Crippen molar-refractivity contribution in [1.29, 1.82) is 0 Å². The van der Waals surface area contributed by atoms with Crippen molar-refractivity contribution in [3.05, 3.63) is 193 Å². The van der Waals surface area contributed by atoms with E-state index < -0.39 is 0 Å². The van der Waals surface area contributed by atoms with Gasteiger partial charge in [-0.15, -0.1) is 0 Å². The fraction of sp³-hybridized carbons (Fsp3) is 0.0784. The second-order valence-corrected chi connectivity index (χ2v) is 14.6. The van der Waals surface area contributed by atoms with E-state index in [-0.39, 0.29) is 5.92 Å². The van der Waals surface area contributed by atoms with E-state index in [1.54, 1.807) is 0 Å². The Balaban J connectivity index is 0.870. The number of aromatic nitrogens is 3. The SMILES string of the molecule is C1=CC(c2nc(C3=CC=C4Oc5cc(-c6ccc(-c7ccc(-c8ccccc8)cc7)cc6)ccc5C4C3)nc(-c3ccc4c(c3)oc3ccccc34)n2)=CCC1. The van der Waals surface area contributed by atoms with Gasteiger partial charge in [0, 0.05) is 33.4 Å². The average Bonchev–Trinajstić information content (AvgIpc) is 3.84. The number of nitrogens with zero attached hydrogens (tertiary/aromatic N) is 3. The monoisotopic (exact) mass is 721 g/mol. The van der Waals surface area contributed by atoms with Crippen molar-refractivity contribution in [3.8, 4) is 50.5 Å². The molecule has 8 aromatic rings. The summed E-state index contributed by atoms with van der Waals surface area (Å²) in [5.74, 6) is 3.95. The number of rotatable bonds is 6. The molecule has 3 heterocycles. The lowest BCUT2D eigenvalue weighted by atomic mass is 9.87. The first-order valence-corrected chi connectivity index (χ1v) is 19.2. The molecular formula is C51H35N3O2. The lowest BCUT2D eigenvalue weighted by Gasteiger charge is -2.18. The molecule has 1 atom stereocenters. The van der Waals surface area contributed by atoms with Crippen molar-refractivity contribution in [3.63, 3.8) is 0 Å². The number of para-hydroxylation sites is 1. The van der Waals surface area contributed by atoms with Gasteiger partial charge in [-0.05, 0) is 88.6 Å². The molecule has 0 saturated heterocycles. The van der Waals surface area contributed by atoms with Crippen LogP contribution < -0.4 is 4.74 Å². The van der Waals surface area contributed by atoms with Crippen LogP contribution in [0.4, 0.5) is 0 Å². The minimum absolute atomic E-state index is 0.0876. The van der Waals surface area contributed by atoms with Crippen molar-refractivity contribution >= 4 is 33.1 Å². The van der Waals surface area contributed by atoms with E-state index in [1.165, 1.54) is 27.8 Å². The van der Waals surface area contributed by atoms with Gasteiger partial charge < -0.3 is 9.15 Å². The van der Waals surface area contributed by atoms with Crippen LogP contribution in [0.3, 0.4) is 0 Å². The quantitative estimate of drug-likeness (QED) is 0.171. The summed E-state index contributed by atoms with van der Waals surface area (Å²) in [6.45, 7) is 0. The number of hydrogen-bond donors (Lipinski definition) is 0. The van der Waals surface area contributed by atoms with Crippen molar-refractivity contribution < 1.29 is 9.15 Å². The molecule has 11 rings (SSSR count). The van der Waals surface area contributed by atoms with Crippen molar-refractivity contribution in [2.45, 2.75) is 25.2 Å². The number of hydrogen-bond acceptors (Lipinski definition) is 5. The molecule has 0 bridgehead atoms. The predicted octanol–water partition coefficient (Wildman–Crippen LogP) is 13.0. The molecule has 1 unspecified atom stereocenters. The highest BCUT2D eigenvalue weighted by Gasteiger charge is 2.33. The summed E-state index contributed by atoms with van der Waals surface area (Å²) in [6, 6.07) is 49.0. The van der Waals surface area contributed by atoms with Crippen LogP contribution in [-0.4, -0.2) is 15.0 Å². The average molecular weight is 722 g/mol. The first-order valence-electron chi connectivity index (χ1n) is 19.2. The maximum absolute atomic E-state index is 6.51. The van der Waals surface area contributed by atoms with Gasteiger partial charge in [0.25, 0.3) is 0 Å². The summed E-state index contributed by atoms with van der Waals surface area (Å²) in [5, 5.41) is 2.18. The van der Waals surface area contributed by atoms with Crippen LogP contribution in [0.2, 0.25) is 0 Å². The summed E-state index contributed by atoms with van der Waals surface area (Å²) in [7, 11) is 0. The summed E-state index contributed by atoms with van der Waals surface area (Å²) >= 11 is 0. The van der Waals surface area contributed by atoms with Crippen LogP contribution in [0.5, 0.6) is 5.75 Å². The first-order chi connectivity index (χ1) is 27.7. The third-order valence-electron chi connectivity index (χ3n) is 11.2. The fourth-order valence-electron chi connectivity index (χ4n) is 8.20. The van der Waals surface area contributed by atoms with Gasteiger partial charge in [-0.25, -0.2) is 15.0 Å². The molecule has 266 valence electrons. The molecule has 5 heteroatoms. The van der Waals surface area contributed by atoms with Gasteiger partial charge in [0.05, 0.1) is 0 Å². The van der Waals surface area contributed by atoms with Crippen molar-refractivity contribution in [2.24, 2.45) is 0 Å². The molecule has 6 aromatic carbocycles. The van der Waals surface area contributed by atoms with Crippen LogP contribution >= 0.6 is 0 Å². The molecule has 0 fully saturated rings. The Bertz CT molecular complexity index is 2950. The summed E-state index contributed by atoms with van der Waals surface area (Å²) < 4.78 is 12.7. The van der Waals surface area contributed by atoms with E-state index in [1.807, 2.05) is 30.3 Å². The standard InChI is InChI=1S/C51H35N3O2/c1-3-9-32(10-4-1)33-15-17-34(18-16-33)35-19-21-36(22-20-35)38-23-26-43-44-29-39(25-28-46(44)56-47(43)30-38)50-52-49(37-11-5-2-6-12-37)53-51(54-50)40-24-27-42-41-13-7-8-14-45(41)55-48(42)31-40/h1,3-5,7-28,30-31,44H,2,6,29H2. The predicted molar refractivity (Wildman–Crippen MR) is 226 cm³/mol. The highest BCUT2D eigenvalue weighted by molar-refractivity contribution is 6.05. The van der Waals surface area contributed by atoms with Gasteiger partial charge in [-0.1, -0.05) is 140 Å². The smallest absolute Gasteiger partial charge is 0.164 e. The molecular weight excluding hydrogens is 687 g/mol. The van der Waals surface area contributed by atoms with Crippen LogP contribution in [-0.2, 0) is 0 Å². The molecule has 3 aliphatic rings. The van der Waals surface area contributed by atoms with Crippen LogP contribution in [0.25, 0.3) is 77.9 Å². The number of allylic oxidation sites excluding steroid dienone is 8. The van der Waals surface area contributed by atoms with Gasteiger partial charge in [0.1, 0.15) is 22.7 Å². The largest absolute Gasteiger partial charge is 0.461 e. The van der Waals surface area contributed by atoms with Gasteiger partial charge in [0.2, 0.25) is 0 Å². The molecule has 0 radical (unpaired) electrons. The van der Waals surface area contributed by atoms with E-state index in [9.17, 15) is 0 Å². The molecule has 0 amide bonds. The van der Waals surface area contributed by atoms with Crippen LogP contribution in [0.1, 0.15) is 42.4 Å². The molecule has 5 nitrogen and oxygen atoms in total. The number of furan rings is 1. The number of fused-ring (bicyclic) bond motifs is 6. The third-order valence-corrected chi connectivity index (χ3v) is 11.2. The lowest BCUT2D eigenvalue weighted by Crippen LogP contribution is -2.09. The number of benzene rings is 6. The molecule has 0 N–H and O–H groups in total. The molecule has 1 aliphatic heterocycles. The van der Waals surface area contributed by atoms with Crippen LogP contribution in [0.15, 0.2) is 180 Å². The van der Waals surface area contributed by atoms with Gasteiger partial charge >= 0.3 is 0 Å². The Hall–Kier alpha value is -7.11. The van der Waals surface area contributed by atoms with E-state index in [0.717, 1.165) is 80.5 Å². The summed E-state index contributed by atoms with van der Waals surface area (Å²) in [4.78, 5) is 15.2. The zero-order chi connectivity index (χ0) is 37.0. The summed E-state index contributed by atoms with van der Waals surface area (Å²) in [6.07, 6.45) is 13.4. The van der Waals surface area contributed by atoms with Gasteiger partial charge in [-0.2, -0.15) is 0 Å². The van der Waals surface area contributed by atoms with Crippen molar-refractivity contribution in [1.82, 2.24) is 15.0 Å². The van der Waals surface area contributed by atoms with Crippen molar-refractivity contribution in [2.75, 3.05) is 0 Å². The zero-order valence-corrected chi connectivity index (χ0v) is 30.5. The second kappa shape index (κ2) is 13.3. The maximum Gasteiger partial charge on any atom is 0.164 e. The molecule has 0 saturated carbocycles. The summed E-state index contributed by atoms with van der Waals surface area (Å²) in [5.41, 5.74) is 13.0. The van der Waals surface area contributed by atoms with E-state index in [2.05, 4.69) is 140 Å². The number of ether oxygens (including phenoxy) is 1. The highest BCUT2D eigenvalue weighted by Crippen LogP contribution is 2.48. The Morgan fingerprint density at radius 1 is 0.500 bits per heavy atom. The van der Waals surface area contributed by atoms with E-state index in [0.29, 0.717) is 17.5 Å². The third kappa shape index (κ3) is 5.76. The second-order valence-electron chi connectivity index (χ2n) is 14.6. The first kappa shape index (κ1) is 32.3. The van der Waals surface area contributed by atoms with Crippen LogP contribution in [0, 0.1) is 0 Å². The Labute approximate surface area is 324 Å². The van der Waals surface area contributed by atoms with E-state index >= 15 is 0 Å². The molecule has 0 spiro atoms. The Morgan fingerprint density at radius 2 is 1.14 bits per heavy atom.